The number of aryl methyl sites for hydroxylation is 1. The van der Waals surface area contributed by atoms with E-state index in [-0.39, 0.29) is 11.4 Å². The van der Waals surface area contributed by atoms with Gasteiger partial charge >= 0.3 is 0 Å². The lowest BCUT2D eigenvalue weighted by Gasteiger charge is -2.24. The standard InChI is InChI=1S/C12H18FN/c1-9-6-5-7-10(11(9)13)8-12(2,3)14-4/h5-7,14H,8H2,1-4H3. The monoisotopic (exact) mass is 195 g/mol. The van der Waals surface area contributed by atoms with E-state index in [9.17, 15) is 4.39 Å². The van der Waals surface area contributed by atoms with E-state index in [0.29, 0.717) is 6.42 Å². The molecule has 0 aliphatic carbocycles. The maximum absolute atomic E-state index is 13.6. The molecule has 78 valence electrons. The van der Waals surface area contributed by atoms with Gasteiger partial charge in [-0.15, -0.1) is 0 Å². The molecule has 1 rings (SSSR count). The first kappa shape index (κ1) is 11.2. The molecule has 2 heteroatoms. The van der Waals surface area contributed by atoms with Crippen molar-refractivity contribution in [1.82, 2.24) is 5.32 Å². The van der Waals surface area contributed by atoms with Crippen molar-refractivity contribution >= 4 is 0 Å². The highest BCUT2D eigenvalue weighted by molar-refractivity contribution is 5.26. The van der Waals surface area contributed by atoms with E-state index in [2.05, 4.69) is 19.2 Å². The zero-order valence-electron chi connectivity index (χ0n) is 9.32. The maximum Gasteiger partial charge on any atom is 0.129 e. The zero-order chi connectivity index (χ0) is 10.8. The molecule has 0 atom stereocenters. The van der Waals surface area contributed by atoms with Crippen LogP contribution in [0, 0.1) is 12.7 Å². The molecule has 0 aliphatic heterocycles. The molecule has 0 saturated heterocycles. The fourth-order valence-electron chi connectivity index (χ4n) is 1.41. The van der Waals surface area contributed by atoms with Crippen LogP contribution in [0.3, 0.4) is 0 Å². The summed E-state index contributed by atoms with van der Waals surface area (Å²) in [5.74, 6) is -0.0733. The smallest absolute Gasteiger partial charge is 0.129 e. The van der Waals surface area contributed by atoms with Crippen LogP contribution in [0.2, 0.25) is 0 Å². The summed E-state index contributed by atoms with van der Waals surface area (Å²) in [5, 5.41) is 3.17. The Hall–Kier alpha value is -0.890. The van der Waals surface area contributed by atoms with Crippen LogP contribution in [0.4, 0.5) is 4.39 Å². The lowest BCUT2D eigenvalue weighted by molar-refractivity contribution is 0.413. The Morgan fingerprint density at radius 1 is 1.36 bits per heavy atom. The second-order valence-electron chi connectivity index (χ2n) is 4.36. The van der Waals surface area contributed by atoms with Crippen LogP contribution in [0.25, 0.3) is 0 Å². The second-order valence-corrected chi connectivity index (χ2v) is 4.36. The molecule has 0 saturated carbocycles. The van der Waals surface area contributed by atoms with Gasteiger partial charge in [-0.05, 0) is 45.4 Å². The molecule has 0 amide bonds. The van der Waals surface area contributed by atoms with E-state index in [4.69, 9.17) is 0 Å². The van der Waals surface area contributed by atoms with Gasteiger partial charge in [-0.1, -0.05) is 18.2 Å². The molecule has 0 aromatic heterocycles. The van der Waals surface area contributed by atoms with Crippen molar-refractivity contribution in [2.45, 2.75) is 32.7 Å². The Balaban J connectivity index is 2.92. The van der Waals surface area contributed by atoms with E-state index in [1.54, 1.807) is 13.0 Å². The van der Waals surface area contributed by atoms with Crippen LogP contribution in [0.5, 0.6) is 0 Å². The van der Waals surface area contributed by atoms with Crippen molar-refractivity contribution in [1.29, 1.82) is 0 Å². The third kappa shape index (κ3) is 2.55. The SMILES string of the molecule is CNC(C)(C)Cc1cccc(C)c1F. The first-order chi connectivity index (χ1) is 6.46. The summed E-state index contributed by atoms with van der Waals surface area (Å²) in [5.41, 5.74) is 1.44. The van der Waals surface area contributed by atoms with E-state index < -0.39 is 0 Å². The second kappa shape index (κ2) is 4.09. The summed E-state index contributed by atoms with van der Waals surface area (Å²) >= 11 is 0. The Bertz CT molecular complexity index is 318. The average molecular weight is 195 g/mol. The number of hydrogen-bond acceptors (Lipinski definition) is 1. The number of likely N-dealkylation sites (N-methyl/N-ethyl adjacent to an activating group) is 1. The molecule has 1 aromatic rings. The normalized spacial score (nSPS) is 11.8. The van der Waals surface area contributed by atoms with E-state index in [0.717, 1.165) is 11.1 Å². The van der Waals surface area contributed by atoms with Crippen molar-refractivity contribution in [3.8, 4) is 0 Å². The Kier molecular flexibility index (Phi) is 3.27. The van der Waals surface area contributed by atoms with Gasteiger partial charge in [0.15, 0.2) is 0 Å². The van der Waals surface area contributed by atoms with Gasteiger partial charge in [0.25, 0.3) is 0 Å². The number of hydrogen-bond donors (Lipinski definition) is 1. The van der Waals surface area contributed by atoms with Gasteiger partial charge in [0.1, 0.15) is 5.82 Å². The summed E-state index contributed by atoms with van der Waals surface area (Å²) < 4.78 is 13.6. The molecular formula is C12H18FN. The molecule has 0 spiro atoms. The van der Waals surface area contributed by atoms with Gasteiger partial charge in [-0.25, -0.2) is 4.39 Å². The molecular weight excluding hydrogens is 177 g/mol. The number of rotatable bonds is 3. The van der Waals surface area contributed by atoms with Crippen LogP contribution in [0.1, 0.15) is 25.0 Å². The van der Waals surface area contributed by atoms with Gasteiger partial charge in [0.2, 0.25) is 0 Å². The number of benzene rings is 1. The fourth-order valence-corrected chi connectivity index (χ4v) is 1.41. The Labute approximate surface area is 85.3 Å². The van der Waals surface area contributed by atoms with Crippen molar-refractivity contribution in [2.24, 2.45) is 0 Å². The average Bonchev–Trinajstić information content (AvgIpc) is 2.13. The molecule has 14 heavy (non-hydrogen) atoms. The number of nitrogens with one attached hydrogen (secondary N) is 1. The van der Waals surface area contributed by atoms with Gasteiger partial charge in [-0.3, -0.25) is 0 Å². The minimum absolute atomic E-state index is 0.0609. The van der Waals surface area contributed by atoms with Gasteiger partial charge < -0.3 is 5.32 Å². The summed E-state index contributed by atoms with van der Waals surface area (Å²) in [6.07, 6.45) is 0.705. The molecule has 0 heterocycles. The molecule has 0 radical (unpaired) electrons. The Morgan fingerprint density at radius 3 is 2.57 bits per heavy atom. The largest absolute Gasteiger partial charge is 0.314 e. The minimum Gasteiger partial charge on any atom is -0.314 e. The van der Waals surface area contributed by atoms with Crippen molar-refractivity contribution in [3.05, 3.63) is 35.1 Å². The van der Waals surface area contributed by atoms with Crippen LogP contribution in [-0.2, 0) is 6.42 Å². The first-order valence-corrected chi connectivity index (χ1v) is 4.89. The molecule has 1 aromatic carbocycles. The van der Waals surface area contributed by atoms with Crippen LogP contribution >= 0.6 is 0 Å². The summed E-state index contributed by atoms with van der Waals surface area (Å²) in [7, 11) is 1.90. The summed E-state index contributed by atoms with van der Waals surface area (Å²) in [6.45, 7) is 5.93. The van der Waals surface area contributed by atoms with E-state index in [1.165, 1.54) is 0 Å². The lowest BCUT2D eigenvalue weighted by atomic mass is 9.94. The molecule has 0 bridgehead atoms. The van der Waals surface area contributed by atoms with Crippen LogP contribution in [0.15, 0.2) is 18.2 Å². The molecule has 1 nitrogen and oxygen atoms in total. The molecule has 0 fully saturated rings. The van der Waals surface area contributed by atoms with Crippen molar-refractivity contribution in [3.63, 3.8) is 0 Å². The molecule has 0 unspecified atom stereocenters. The van der Waals surface area contributed by atoms with Crippen LogP contribution < -0.4 is 5.32 Å². The highest BCUT2D eigenvalue weighted by atomic mass is 19.1. The van der Waals surface area contributed by atoms with Crippen molar-refractivity contribution < 1.29 is 4.39 Å². The topological polar surface area (TPSA) is 12.0 Å². The first-order valence-electron chi connectivity index (χ1n) is 4.89. The van der Waals surface area contributed by atoms with Crippen LogP contribution in [-0.4, -0.2) is 12.6 Å². The summed E-state index contributed by atoms with van der Waals surface area (Å²) in [4.78, 5) is 0. The predicted octanol–water partition coefficient (Wildman–Crippen LogP) is 2.67. The van der Waals surface area contributed by atoms with E-state index >= 15 is 0 Å². The highest BCUT2D eigenvalue weighted by Crippen LogP contribution is 2.17. The van der Waals surface area contributed by atoms with E-state index in [1.807, 2.05) is 19.2 Å². The third-order valence-electron chi connectivity index (χ3n) is 2.58. The highest BCUT2D eigenvalue weighted by Gasteiger charge is 2.17. The molecule has 0 aliphatic rings. The van der Waals surface area contributed by atoms with Gasteiger partial charge in [0, 0.05) is 5.54 Å². The quantitative estimate of drug-likeness (QED) is 0.782. The fraction of sp³-hybridized carbons (Fsp3) is 0.500. The number of halogens is 1. The zero-order valence-corrected chi connectivity index (χ0v) is 9.32. The molecule has 1 N–H and O–H groups in total. The van der Waals surface area contributed by atoms with Gasteiger partial charge in [-0.2, -0.15) is 0 Å². The summed E-state index contributed by atoms with van der Waals surface area (Å²) in [6, 6.07) is 5.55. The van der Waals surface area contributed by atoms with Gasteiger partial charge in [0.05, 0.1) is 0 Å². The predicted molar refractivity (Wildman–Crippen MR) is 58.0 cm³/mol. The van der Waals surface area contributed by atoms with Crippen molar-refractivity contribution in [2.75, 3.05) is 7.05 Å². The minimum atomic E-state index is -0.0733. The maximum atomic E-state index is 13.6. The Morgan fingerprint density at radius 2 is 2.00 bits per heavy atom. The lowest BCUT2D eigenvalue weighted by Crippen LogP contribution is -2.38. The third-order valence-corrected chi connectivity index (χ3v) is 2.58.